The second-order valence-electron chi connectivity index (χ2n) is 10.9. The highest BCUT2D eigenvalue weighted by Crippen LogP contribution is 2.34. The third-order valence-electron chi connectivity index (χ3n) is 7.56. The van der Waals surface area contributed by atoms with Crippen LogP contribution in [0.1, 0.15) is 80.1 Å². The lowest BCUT2D eigenvalue weighted by atomic mass is 9.96. The highest BCUT2D eigenvalue weighted by Gasteiger charge is 2.33. The highest BCUT2D eigenvalue weighted by molar-refractivity contribution is 5.98. The maximum absolute atomic E-state index is 13.3. The third-order valence-corrected chi connectivity index (χ3v) is 7.56. The molecule has 0 atom stereocenters. The fraction of sp³-hybridized carbons (Fsp3) is 0.484. The van der Waals surface area contributed by atoms with E-state index in [9.17, 15) is 9.59 Å². The van der Waals surface area contributed by atoms with E-state index in [4.69, 9.17) is 9.47 Å². The topological polar surface area (TPSA) is 98.6 Å². The number of methoxy groups -OCH3 is 2. The Morgan fingerprint density at radius 3 is 2.67 bits per heavy atom. The van der Waals surface area contributed by atoms with Crippen LogP contribution in [0.25, 0.3) is 5.57 Å². The smallest absolute Gasteiger partial charge is 0.259 e. The van der Waals surface area contributed by atoms with E-state index in [1.807, 2.05) is 42.2 Å². The molecule has 0 unspecified atom stereocenters. The van der Waals surface area contributed by atoms with Gasteiger partial charge in [0.15, 0.2) is 5.82 Å². The van der Waals surface area contributed by atoms with E-state index < -0.39 is 0 Å². The minimum atomic E-state index is -0.258. The fourth-order valence-corrected chi connectivity index (χ4v) is 5.36. The van der Waals surface area contributed by atoms with Gasteiger partial charge in [-0.3, -0.25) is 9.59 Å². The standard InChI is InChI=1S/C31H41N5O4/c1-7-9-22(29-34-33-27-12-15-31(3,4)36(27)29)11-8-10-21(2)32-30(38)25-18-24-20-35(28(37)14-17-39-5)16-13-23(24)19-26(25)40-6/h8-11,18-19H,7,12-17,20H2,1-6H3,(H,32,38)/b11-8-,21-10+,22-9-. The Hall–Kier alpha value is -3.72. The largest absolute Gasteiger partial charge is 0.496 e. The SMILES string of the molecule is CC/C=C(/C=C\C=C(/C)NC(=O)c1cc2c(cc1OC)CCN(C(=O)CCOC)C2)c1nnc2n1C(C)(C)CC2. The molecule has 2 aliphatic rings. The molecule has 0 spiro atoms. The Labute approximate surface area is 236 Å². The summed E-state index contributed by atoms with van der Waals surface area (Å²) in [4.78, 5) is 27.6. The maximum atomic E-state index is 13.3. The molecule has 9 heteroatoms. The number of aromatic nitrogens is 3. The summed E-state index contributed by atoms with van der Waals surface area (Å²) in [5.41, 5.74) is 4.18. The molecule has 0 saturated carbocycles. The predicted molar refractivity (Wildman–Crippen MR) is 155 cm³/mol. The molecule has 0 bridgehead atoms. The number of rotatable bonds is 10. The lowest BCUT2D eigenvalue weighted by molar-refractivity contribution is -0.133. The Kier molecular flexibility index (Phi) is 9.25. The number of allylic oxidation sites excluding steroid dienone is 6. The number of fused-ring (bicyclic) bond motifs is 2. The van der Waals surface area contributed by atoms with Crippen molar-refractivity contribution in [3.63, 3.8) is 0 Å². The molecular weight excluding hydrogens is 506 g/mol. The van der Waals surface area contributed by atoms with Gasteiger partial charge in [0.05, 0.1) is 25.7 Å². The van der Waals surface area contributed by atoms with Gasteiger partial charge >= 0.3 is 0 Å². The van der Waals surface area contributed by atoms with Crippen molar-refractivity contribution in [2.45, 2.75) is 71.9 Å². The molecule has 0 saturated heterocycles. The van der Waals surface area contributed by atoms with Crippen LogP contribution in [-0.2, 0) is 34.5 Å². The zero-order chi connectivity index (χ0) is 28.9. The molecule has 40 heavy (non-hydrogen) atoms. The number of carbonyl (C=O) groups is 2. The van der Waals surface area contributed by atoms with Gasteiger partial charge in [-0.25, -0.2) is 0 Å². The lowest BCUT2D eigenvalue weighted by Crippen LogP contribution is -2.36. The predicted octanol–water partition coefficient (Wildman–Crippen LogP) is 4.57. The second-order valence-corrected chi connectivity index (χ2v) is 10.9. The van der Waals surface area contributed by atoms with Gasteiger partial charge < -0.3 is 24.3 Å². The number of aryl methyl sites for hydroxylation is 1. The number of amides is 2. The normalized spacial score (nSPS) is 16.7. The number of hydrogen-bond acceptors (Lipinski definition) is 6. The Morgan fingerprint density at radius 2 is 1.95 bits per heavy atom. The highest BCUT2D eigenvalue weighted by atomic mass is 16.5. The molecule has 2 amide bonds. The van der Waals surface area contributed by atoms with Crippen molar-refractivity contribution >= 4 is 17.4 Å². The molecule has 0 aliphatic carbocycles. The number of ether oxygens (including phenoxy) is 2. The summed E-state index contributed by atoms with van der Waals surface area (Å²) in [5.74, 6) is 2.22. The first-order valence-corrected chi connectivity index (χ1v) is 14.0. The first kappa shape index (κ1) is 29.3. The van der Waals surface area contributed by atoms with Gasteiger partial charge in [-0.2, -0.15) is 0 Å². The molecule has 3 heterocycles. The molecule has 9 nitrogen and oxygen atoms in total. The van der Waals surface area contributed by atoms with Crippen molar-refractivity contribution in [3.05, 3.63) is 70.5 Å². The summed E-state index contributed by atoms with van der Waals surface area (Å²) in [6.45, 7) is 9.89. The van der Waals surface area contributed by atoms with Crippen LogP contribution in [0.15, 0.2) is 42.1 Å². The number of hydrogen-bond donors (Lipinski definition) is 1. The van der Waals surface area contributed by atoms with Crippen molar-refractivity contribution < 1.29 is 19.1 Å². The molecule has 1 aromatic heterocycles. The van der Waals surface area contributed by atoms with E-state index >= 15 is 0 Å². The Balaban J connectivity index is 1.48. The molecule has 0 fully saturated rings. The average Bonchev–Trinajstić information content (AvgIpc) is 3.50. The molecular formula is C31H41N5O4. The average molecular weight is 548 g/mol. The van der Waals surface area contributed by atoms with Crippen LogP contribution in [-0.4, -0.2) is 58.8 Å². The van der Waals surface area contributed by atoms with E-state index in [0.717, 1.165) is 54.0 Å². The van der Waals surface area contributed by atoms with Crippen molar-refractivity contribution in [1.29, 1.82) is 0 Å². The third kappa shape index (κ3) is 6.36. The molecule has 0 radical (unpaired) electrons. The number of nitrogens with zero attached hydrogens (tertiary/aromatic N) is 4. The van der Waals surface area contributed by atoms with E-state index in [1.54, 1.807) is 14.2 Å². The quantitative estimate of drug-likeness (QED) is 0.438. The molecule has 214 valence electrons. The van der Waals surface area contributed by atoms with Crippen LogP contribution in [0.2, 0.25) is 0 Å². The zero-order valence-electron chi connectivity index (χ0n) is 24.5. The van der Waals surface area contributed by atoms with Crippen LogP contribution in [0.5, 0.6) is 5.75 Å². The lowest BCUT2D eigenvalue weighted by Gasteiger charge is -2.29. The van der Waals surface area contributed by atoms with Gasteiger partial charge in [0.2, 0.25) is 5.91 Å². The number of carbonyl (C=O) groups excluding carboxylic acids is 2. The summed E-state index contributed by atoms with van der Waals surface area (Å²) in [7, 11) is 3.16. The summed E-state index contributed by atoms with van der Waals surface area (Å²) in [5, 5.41) is 11.9. The first-order valence-electron chi connectivity index (χ1n) is 14.0. The fourth-order valence-electron chi connectivity index (χ4n) is 5.36. The summed E-state index contributed by atoms with van der Waals surface area (Å²) in [6, 6.07) is 3.76. The minimum absolute atomic E-state index is 0.0171. The van der Waals surface area contributed by atoms with Crippen LogP contribution in [0.4, 0.5) is 0 Å². The number of benzene rings is 1. The minimum Gasteiger partial charge on any atom is -0.496 e. The van der Waals surface area contributed by atoms with E-state index in [1.165, 1.54) is 0 Å². The van der Waals surface area contributed by atoms with Gasteiger partial charge in [-0.05, 0) is 69.4 Å². The van der Waals surface area contributed by atoms with E-state index in [-0.39, 0.29) is 17.4 Å². The van der Waals surface area contributed by atoms with Crippen molar-refractivity contribution in [2.24, 2.45) is 0 Å². The zero-order valence-corrected chi connectivity index (χ0v) is 24.5. The van der Waals surface area contributed by atoms with Gasteiger partial charge in [-0.1, -0.05) is 25.2 Å². The van der Waals surface area contributed by atoms with Gasteiger partial charge in [0.1, 0.15) is 11.6 Å². The Morgan fingerprint density at radius 1 is 1.15 bits per heavy atom. The van der Waals surface area contributed by atoms with Crippen LogP contribution in [0.3, 0.4) is 0 Å². The molecule has 2 aromatic rings. The monoisotopic (exact) mass is 547 g/mol. The van der Waals surface area contributed by atoms with Crippen molar-refractivity contribution in [1.82, 2.24) is 25.0 Å². The van der Waals surface area contributed by atoms with E-state index in [2.05, 4.69) is 46.9 Å². The van der Waals surface area contributed by atoms with Crippen molar-refractivity contribution in [3.8, 4) is 5.75 Å². The summed E-state index contributed by atoms with van der Waals surface area (Å²) < 4.78 is 12.9. The van der Waals surface area contributed by atoms with Crippen molar-refractivity contribution in [2.75, 3.05) is 27.4 Å². The van der Waals surface area contributed by atoms with E-state index in [0.29, 0.717) is 43.1 Å². The maximum Gasteiger partial charge on any atom is 0.259 e. The first-order chi connectivity index (χ1) is 19.2. The van der Waals surface area contributed by atoms with Crippen LogP contribution in [0, 0.1) is 0 Å². The molecule has 1 N–H and O–H groups in total. The molecule has 2 aliphatic heterocycles. The van der Waals surface area contributed by atoms with Gasteiger partial charge in [-0.15, -0.1) is 10.2 Å². The van der Waals surface area contributed by atoms with Crippen LogP contribution >= 0.6 is 0 Å². The summed E-state index contributed by atoms with van der Waals surface area (Å²) in [6.07, 6.45) is 11.9. The Bertz CT molecular complexity index is 1350. The molecule has 1 aromatic carbocycles. The summed E-state index contributed by atoms with van der Waals surface area (Å²) >= 11 is 0. The second kappa shape index (κ2) is 12.6. The van der Waals surface area contributed by atoms with Gasteiger partial charge in [0.25, 0.3) is 5.91 Å². The number of nitrogens with one attached hydrogen (secondary N) is 1. The van der Waals surface area contributed by atoms with Gasteiger partial charge in [0, 0.05) is 43.4 Å². The van der Waals surface area contributed by atoms with Crippen LogP contribution < -0.4 is 10.1 Å². The molecule has 4 rings (SSSR count).